The van der Waals surface area contributed by atoms with Crippen molar-refractivity contribution in [3.63, 3.8) is 0 Å². The molecule has 0 spiro atoms. The summed E-state index contributed by atoms with van der Waals surface area (Å²) in [5, 5.41) is 32.8. The number of amides is 8. The predicted molar refractivity (Wildman–Crippen MR) is 294 cm³/mol. The highest BCUT2D eigenvalue weighted by Crippen LogP contribution is 2.32. The monoisotopic (exact) mass is 1110 g/mol. The SMILES string of the molecule is CN[C@@H](C)C(=O)N[C@@H](CCC(=O)O)C(=O)N1C[C@@H](NC(=O)c2cccc(C(=O)N[C@H]3C[C@@H](C(=O)N[C@@H]4CCCc5ccccc54)N(C(=O)[C@@H](NC(=O)[C@H](C)NC)C(C)(C)C)C3)c2)C[C@H]1C(=O)N[C@H](C)c1ccccc1.Cl.Cl. The van der Waals surface area contributed by atoms with Gasteiger partial charge in [0.1, 0.15) is 24.2 Å². The summed E-state index contributed by atoms with van der Waals surface area (Å²) in [7, 11) is 3.20. The van der Waals surface area contributed by atoms with E-state index in [2.05, 4.69) is 42.5 Å². The second kappa shape index (κ2) is 28.1. The fourth-order valence-electron chi connectivity index (χ4n) is 9.88. The zero-order valence-corrected chi connectivity index (χ0v) is 46.6. The van der Waals surface area contributed by atoms with Gasteiger partial charge in [-0.05, 0) is 114 Å². The van der Waals surface area contributed by atoms with E-state index in [0.29, 0.717) is 6.42 Å². The summed E-state index contributed by atoms with van der Waals surface area (Å²) >= 11 is 0. The molecule has 3 aromatic carbocycles. The number of nitrogens with zero attached hydrogens (tertiary/aromatic N) is 2. The second-order valence-electron chi connectivity index (χ2n) is 21.0. The normalized spacial score (nSPS) is 20.7. The van der Waals surface area contributed by atoms with E-state index in [4.69, 9.17) is 0 Å². The van der Waals surface area contributed by atoms with Gasteiger partial charge in [-0.25, -0.2) is 0 Å². The van der Waals surface area contributed by atoms with Gasteiger partial charge < -0.3 is 57.4 Å². The Balaban J connectivity index is 0.00000640. The minimum absolute atomic E-state index is 0. The number of benzene rings is 3. The van der Waals surface area contributed by atoms with E-state index >= 15 is 0 Å². The third-order valence-corrected chi connectivity index (χ3v) is 14.5. The first-order chi connectivity index (χ1) is 35.6. The lowest BCUT2D eigenvalue weighted by Crippen LogP contribution is -2.59. The summed E-state index contributed by atoms with van der Waals surface area (Å²) < 4.78 is 0. The summed E-state index contributed by atoms with van der Waals surface area (Å²) in [5.74, 6) is -5.37. The lowest BCUT2D eigenvalue weighted by Gasteiger charge is -2.36. The van der Waals surface area contributed by atoms with Crippen LogP contribution < -0.4 is 42.5 Å². The molecule has 0 radical (unpaired) electrons. The zero-order chi connectivity index (χ0) is 54.7. The highest BCUT2D eigenvalue weighted by atomic mass is 35.5. The fraction of sp³-hybridized carbons (Fsp3) is 0.509. The molecule has 9 N–H and O–H groups in total. The van der Waals surface area contributed by atoms with Gasteiger partial charge in [0.2, 0.25) is 35.4 Å². The van der Waals surface area contributed by atoms with Gasteiger partial charge in [0.25, 0.3) is 11.8 Å². The molecule has 3 aliphatic rings. The van der Waals surface area contributed by atoms with E-state index < -0.39 is 114 Å². The van der Waals surface area contributed by atoms with Crippen LogP contribution in [0.15, 0.2) is 78.9 Å². The van der Waals surface area contributed by atoms with Crippen molar-refractivity contribution in [3.05, 3.63) is 107 Å². The highest BCUT2D eigenvalue weighted by Gasteiger charge is 2.47. The van der Waals surface area contributed by atoms with Crippen LogP contribution in [0.1, 0.15) is 130 Å². The van der Waals surface area contributed by atoms with E-state index in [-0.39, 0.29) is 80.2 Å². The van der Waals surface area contributed by atoms with Crippen LogP contribution in [0, 0.1) is 5.41 Å². The maximum atomic E-state index is 14.7. The minimum atomic E-state index is -1.30. The van der Waals surface area contributed by atoms with E-state index in [1.165, 1.54) is 34.1 Å². The van der Waals surface area contributed by atoms with E-state index in [1.807, 2.05) is 75.4 Å². The summed E-state index contributed by atoms with van der Waals surface area (Å²) in [4.78, 5) is 126. The van der Waals surface area contributed by atoms with Gasteiger partial charge in [0, 0.05) is 42.7 Å². The maximum absolute atomic E-state index is 14.7. The number of hydrogen-bond acceptors (Lipinski definition) is 11. The predicted octanol–water partition coefficient (Wildman–Crippen LogP) is 3.10. The molecular weight excluding hydrogens is 1030 g/mol. The van der Waals surface area contributed by atoms with Crippen molar-refractivity contribution in [1.82, 2.24) is 52.3 Å². The topological polar surface area (TPSA) is 277 Å². The molecule has 6 rings (SSSR count). The molecule has 0 saturated carbocycles. The number of halogens is 2. The third-order valence-electron chi connectivity index (χ3n) is 14.5. The van der Waals surface area contributed by atoms with Gasteiger partial charge in [-0.1, -0.05) is 81.4 Å². The van der Waals surface area contributed by atoms with Crippen LogP contribution >= 0.6 is 24.8 Å². The number of fused-ring (bicyclic) bond motifs is 1. The number of rotatable bonds is 20. The number of aryl methyl sites for hydroxylation is 1. The van der Waals surface area contributed by atoms with Crippen LogP contribution in [0.5, 0.6) is 0 Å². The average molecular weight is 1110 g/mol. The maximum Gasteiger partial charge on any atom is 0.303 e. The Bertz CT molecular complexity index is 2600. The van der Waals surface area contributed by atoms with Crippen molar-refractivity contribution >= 4 is 78.0 Å². The summed E-state index contributed by atoms with van der Waals surface area (Å²) in [6.45, 7) is 10.3. The Kier molecular flexibility index (Phi) is 23.0. The van der Waals surface area contributed by atoms with Crippen molar-refractivity contribution in [3.8, 4) is 0 Å². The molecule has 0 bridgehead atoms. The third kappa shape index (κ3) is 16.2. The summed E-state index contributed by atoms with van der Waals surface area (Å²) in [6.07, 6.45) is 1.82. The lowest BCUT2D eigenvalue weighted by atomic mass is 9.85. The molecular formula is C55H76Cl2N10O10. The number of carbonyl (C=O) groups is 9. The number of likely N-dealkylation sites (N-methyl/N-ethyl adjacent to an activating group) is 2. The smallest absolute Gasteiger partial charge is 0.303 e. The number of aliphatic carboxylic acids is 1. The average Bonchev–Trinajstić information content (AvgIpc) is 4.03. The Morgan fingerprint density at radius 2 is 1.18 bits per heavy atom. The number of nitrogens with one attached hydrogen (secondary N) is 8. The standard InChI is InChI=1S/C55H74N10O10.2ClH/c1-31(34-16-10-9-11-17-34)58-51(72)43-27-38(29-64(43)53(74)42(24-25-45(66)67)62-47(68)32(2)56-7)59-49(70)36-20-14-21-37(26-36)50(71)60-39-28-44(52(73)61-41-23-15-19-35-18-12-13-22-40(35)41)65(30-39)54(75)46(55(4,5)6)63-48(69)33(3)57-8;;/h9-14,16-18,20-22,26,31-33,38-39,41-44,46,56-57H,15,19,23-25,27-30H2,1-8H3,(H,58,72)(H,59,70)(H,60,71)(H,61,73)(H,62,68)(H,63,69)(H,66,67);2*1H/t31-,32+,33+,38+,39+,41-,42+,43+,44+,46-;;/m1../s1. The Labute approximate surface area is 463 Å². The molecule has 2 heterocycles. The van der Waals surface area contributed by atoms with Crippen LogP contribution in [0.25, 0.3) is 0 Å². The van der Waals surface area contributed by atoms with E-state index in [1.54, 1.807) is 34.9 Å². The largest absolute Gasteiger partial charge is 0.481 e. The molecule has 10 atom stereocenters. The van der Waals surface area contributed by atoms with Crippen LogP contribution in [-0.4, -0.2) is 144 Å². The van der Waals surface area contributed by atoms with Crippen molar-refractivity contribution in [2.45, 2.75) is 147 Å². The number of carbonyl (C=O) groups excluding carboxylic acids is 8. The minimum Gasteiger partial charge on any atom is -0.481 e. The Morgan fingerprint density at radius 1 is 0.649 bits per heavy atom. The van der Waals surface area contributed by atoms with Gasteiger partial charge in [0.05, 0.1) is 24.2 Å². The van der Waals surface area contributed by atoms with Gasteiger partial charge in [-0.3, -0.25) is 43.2 Å². The highest BCUT2D eigenvalue weighted by molar-refractivity contribution is 6.01. The van der Waals surface area contributed by atoms with Gasteiger partial charge in [-0.15, -0.1) is 24.8 Å². The number of likely N-dealkylation sites (tertiary alicyclic amines) is 2. The number of carboxylic acids is 1. The Hall–Kier alpha value is -6.61. The molecule has 0 aromatic heterocycles. The molecule has 2 aliphatic heterocycles. The van der Waals surface area contributed by atoms with Crippen molar-refractivity contribution < 1.29 is 48.3 Å². The molecule has 3 aromatic rings. The molecule has 2 fully saturated rings. The lowest BCUT2D eigenvalue weighted by molar-refractivity contribution is -0.144. The molecule has 20 nitrogen and oxygen atoms in total. The first-order valence-electron chi connectivity index (χ1n) is 25.8. The summed E-state index contributed by atoms with van der Waals surface area (Å²) in [6, 6.07) is 15.1. The van der Waals surface area contributed by atoms with E-state index in [9.17, 15) is 48.3 Å². The van der Waals surface area contributed by atoms with Crippen LogP contribution in [0.4, 0.5) is 0 Å². The fourth-order valence-corrected chi connectivity index (χ4v) is 9.88. The molecule has 77 heavy (non-hydrogen) atoms. The number of hydrogen-bond donors (Lipinski definition) is 9. The molecule has 420 valence electrons. The van der Waals surface area contributed by atoms with Crippen LogP contribution in [0.2, 0.25) is 0 Å². The molecule has 8 amide bonds. The molecule has 2 saturated heterocycles. The first kappa shape index (κ1) is 62.9. The Morgan fingerprint density at radius 3 is 1.74 bits per heavy atom. The summed E-state index contributed by atoms with van der Waals surface area (Å²) in [5.41, 5.74) is 2.40. The quantitative estimate of drug-likeness (QED) is 0.0790. The van der Waals surface area contributed by atoms with Crippen molar-refractivity contribution in [2.75, 3.05) is 27.2 Å². The van der Waals surface area contributed by atoms with Crippen molar-refractivity contribution in [2.24, 2.45) is 5.41 Å². The second-order valence-corrected chi connectivity index (χ2v) is 21.0. The number of carboxylic acid groups (broad SMARTS) is 1. The van der Waals surface area contributed by atoms with Crippen LogP contribution in [0.3, 0.4) is 0 Å². The molecule has 0 unspecified atom stereocenters. The zero-order valence-electron chi connectivity index (χ0n) is 45.0. The van der Waals surface area contributed by atoms with E-state index in [0.717, 1.165) is 29.5 Å². The van der Waals surface area contributed by atoms with Gasteiger partial charge in [0.15, 0.2) is 0 Å². The van der Waals surface area contributed by atoms with Gasteiger partial charge in [-0.2, -0.15) is 0 Å². The first-order valence-corrected chi connectivity index (χ1v) is 25.8. The molecule has 22 heteroatoms. The van der Waals surface area contributed by atoms with Crippen molar-refractivity contribution in [1.29, 1.82) is 0 Å². The van der Waals surface area contributed by atoms with Crippen LogP contribution in [-0.2, 0) is 40.0 Å². The van der Waals surface area contributed by atoms with Gasteiger partial charge >= 0.3 is 5.97 Å². The molecule has 1 aliphatic carbocycles.